The standard InChI is InChI=1S/C20H20N6O/c1-3-6-23-20-24-10-13(11-25-20)16-8-18(26-19(22)17(16)9-21)15-5-4-14(27)7-12(15)2/h4-5,7-8,10-11,27H,3,6H2,1-2H3,(H2,22,26)(H,23,24,25). The average Bonchev–Trinajstić information content (AvgIpc) is 2.66. The zero-order valence-electron chi connectivity index (χ0n) is 15.2. The van der Waals surface area contributed by atoms with Crippen LogP contribution in [0.4, 0.5) is 11.8 Å². The highest BCUT2D eigenvalue weighted by Crippen LogP contribution is 2.32. The summed E-state index contributed by atoms with van der Waals surface area (Å²) in [5, 5.41) is 22.3. The molecule has 4 N–H and O–H groups in total. The lowest BCUT2D eigenvalue weighted by Crippen LogP contribution is -2.04. The third-order valence-electron chi connectivity index (χ3n) is 4.14. The molecule has 0 spiro atoms. The Morgan fingerprint density at radius 3 is 2.56 bits per heavy atom. The van der Waals surface area contributed by atoms with Crippen molar-refractivity contribution in [3.63, 3.8) is 0 Å². The van der Waals surface area contributed by atoms with Gasteiger partial charge in [-0.05, 0) is 43.2 Å². The molecule has 0 aliphatic heterocycles. The van der Waals surface area contributed by atoms with Gasteiger partial charge in [0.15, 0.2) is 0 Å². The molecule has 2 aromatic heterocycles. The maximum absolute atomic E-state index is 9.63. The van der Waals surface area contributed by atoms with E-state index < -0.39 is 0 Å². The van der Waals surface area contributed by atoms with Gasteiger partial charge < -0.3 is 16.2 Å². The second kappa shape index (κ2) is 7.70. The first-order valence-corrected chi connectivity index (χ1v) is 8.60. The van der Waals surface area contributed by atoms with Crippen LogP contribution in [0.25, 0.3) is 22.4 Å². The molecule has 136 valence electrons. The largest absolute Gasteiger partial charge is 0.508 e. The molecule has 0 amide bonds. The first kappa shape index (κ1) is 18.1. The number of aromatic nitrogens is 3. The van der Waals surface area contributed by atoms with Crippen molar-refractivity contribution < 1.29 is 5.11 Å². The highest BCUT2D eigenvalue weighted by atomic mass is 16.3. The summed E-state index contributed by atoms with van der Waals surface area (Å²) in [5.74, 6) is 0.864. The number of hydrogen-bond donors (Lipinski definition) is 3. The first-order chi connectivity index (χ1) is 13.0. The molecule has 3 rings (SSSR count). The first-order valence-electron chi connectivity index (χ1n) is 8.60. The molecule has 0 aliphatic rings. The van der Waals surface area contributed by atoms with Gasteiger partial charge in [-0.2, -0.15) is 5.26 Å². The summed E-state index contributed by atoms with van der Waals surface area (Å²) in [6.45, 7) is 4.73. The Bertz CT molecular complexity index is 1010. The van der Waals surface area contributed by atoms with Gasteiger partial charge in [0.25, 0.3) is 0 Å². The number of nitrogens with two attached hydrogens (primary N) is 1. The molecule has 0 bridgehead atoms. The number of benzene rings is 1. The van der Waals surface area contributed by atoms with E-state index in [1.54, 1.807) is 36.7 Å². The van der Waals surface area contributed by atoms with Gasteiger partial charge in [-0.25, -0.2) is 15.0 Å². The summed E-state index contributed by atoms with van der Waals surface area (Å²) in [6.07, 6.45) is 4.29. The lowest BCUT2D eigenvalue weighted by atomic mass is 9.98. The lowest BCUT2D eigenvalue weighted by Gasteiger charge is -2.12. The molecule has 0 radical (unpaired) electrons. The Morgan fingerprint density at radius 2 is 1.93 bits per heavy atom. The minimum atomic E-state index is 0.144. The van der Waals surface area contributed by atoms with Crippen LogP contribution in [0.15, 0.2) is 36.7 Å². The quantitative estimate of drug-likeness (QED) is 0.636. The van der Waals surface area contributed by atoms with E-state index in [0.29, 0.717) is 22.8 Å². The van der Waals surface area contributed by atoms with Crippen LogP contribution < -0.4 is 11.1 Å². The molecule has 0 saturated carbocycles. The molecular formula is C20H20N6O. The zero-order chi connectivity index (χ0) is 19.4. The van der Waals surface area contributed by atoms with E-state index in [9.17, 15) is 10.4 Å². The number of phenols is 1. The molecule has 2 heterocycles. The number of pyridine rings is 1. The monoisotopic (exact) mass is 360 g/mol. The van der Waals surface area contributed by atoms with Crippen molar-refractivity contribution in [2.24, 2.45) is 0 Å². The second-order valence-corrected chi connectivity index (χ2v) is 6.15. The highest BCUT2D eigenvalue weighted by molar-refractivity contribution is 5.80. The van der Waals surface area contributed by atoms with Crippen LogP contribution >= 0.6 is 0 Å². The Morgan fingerprint density at radius 1 is 1.19 bits per heavy atom. The number of aryl methyl sites for hydroxylation is 1. The van der Waals surface area contributed by atoms with Crippen molar-refractivity contribution in [3.05, 3.63) is 47.8 Å². The summed E-state index contributed by atoms with van der Waals surface area (Å²) in [7, 11) is 0. The van der Waals surface area contributed by atoms with E-state index in [2.05, 4.69) is 33.3 Å². The maximum atomic E-state index is 9.63. The number of hydrogen-bond acceptors (Lipinski definition) is 7. The smallest absolute Gasteiger partial charge is 0.222 e. The van der Waals surface area contributed by atoms with Crippen LogP contribution in [0.5, 0.6) is 5.75 Å². The van der Waals surface area contributed by atoms with Crippen molar-refractivity contribution >= 4 is 11.8 Å². The van der Waals surface area contributed by atoms with Crippen LogP contribution in [-0.4, -0.2) is 26.6 Å². The van der Waals surface area contributed by atoms with Gasteiger partial charge in [-0.15, -0.1) is 0 Å². The maximum Gasteiger partial charge on any atom is 0.222 e. The summed E-state index contributed by atoms with van der Waals surface area (Å²) in [5.41, 5.74) is 9.93. The predicted molar refractivity (Wildman–Crippen MR) is 105 cm³/mol. The normalized spacial score (nSPS) is 10.4. The number of nitrogen functional groups attached to an aromatic ring is 1. The summed E-state index contributed by atoms with van der Waals surface area (Å²) >= 11 is 0. The number of nitrogens with one attached hydrogen (secondary N) is 1. The third kappa shape index (κ3) is 3.80. The fourth-order valence-electron chi connectivity index (χ4n) is 2.78. The Labute approximate surface area is 157 Å². The van der Waals surface area contributed by atoms with Gasteiger partial charge in [0.1, 0.15) is 23.2 Å². The number of phenolic OH excluding ortho intramolecular Hbond substituents is 1. The summed E-state index contributed by atoms with van der Waals surface area (Å²) in [4.78, 5) is 13.0. The zero-order valence-corrected chi connectivity index (χ0v) is 15.2. The van der Waals surface area contributed by atoms with Crippen LogP contribution in [0.2, 0.25) is 0 Å². The van der Waals surface area contributed by atoms with E-state index in [0.717, 1.165) is 24.1 Å². The van der Waals surface area contributed by atoms with E-state index >= 15 is 0 Å². The Balaban J connectivity index is 2.09. The fourth-order valence-corrected chi connectivity index (χ4v) is 2.78. The molecule has 0 atom stereocenters. The van der Waals surface area contributed by atoms with Gasteiger partial charge in [0, 0.05) is 35.6 Å². The molecule has 0 aliphatic carbocycles. The minimum Gasteiger partial charge on any atom is -0.508 e. The predicted octanol–water partition coefficient (Wildman–Crippen LogP) is 3.50. The van der Waals surface area contributed by atoms with Crippen LogP contribution in [-0.2, 0) is 0 Å². The number of nitrogens with zero attached hydrogens (tertiary/aromatic N) is 4. The van der Waals surface area contributed by atoms with Crippen molar-refractivity contribution in [2.75, 3.05) is 17.6 Å². The van der Waals surface area contributed by atoms with Gasteiger partial charge in [0.2, 0.25) is 5.95 Å². The molecule has 0 fully saturated rings. The van der Waals surface area contributed by atoms with E-state index in [1.807, 2.05) is 6.92 Å². The second-order valence-electron chi connectivity index (χ2n) is 6.15. The molecule has 27 heavy (non-hydrogen) atoms. The number of rotatable bonds is 5. The molecular weight excluding hydrogens is 340 g/mol. The minimum absolute atomic E-state index is 0.144. The van der Waals surface area contributed by atoms with Crippen LogP contribution in [0.3, 0.4) is 0 Å². The Kier molecular flexibility index (Phi) is 5.18. The Hall–Kier alpha value is -3.66. The van der Waals surface area contributed by atoms with Gasteiger partial charge in [-0.1, -0.05) is 6.92 Å². The molecule has 0 saturated heterocycles. The molecule has 7 heteroatoms. The van der Waals surface area contributed by atoms with Crippen molar-refractivity contribution in [1.82, 2.24) is 15.0 Å². The van der Waals surface area contributed by atoms with Crippen molar-refractivity contribution in [3.8, 4) is 34.2 Å². The topological polar surface area (TPSA) is 121 Å². The highest BCUT2D eigenvalue weighted by Gasteiger charge is 2.15. The lowest BCUT2D eigenvalue weighted by molar-refractivity contribution is 0.475. The number of aromatic hydroxyl groups is 1. The van der Waals surface area contributed by atoms with Crippen molar-refractivity contribution in [2.45, 2.75) is 20.3 Å². The summed E-state index contributed by atoms with van der Waals surface area (Å²) < 4.78 is 0. The van der Waals surface area contributed by atoms with Gasteiger partial charge in [0.05, 0.1) is 5.69 Å². The van der Waals surface area contributed by atoms with E-state index in [4.69, 9.17) is 5.73 Å². The van der Waals surface area contributed by atoms with Crippen LogP contribution in [0, 0.1) is 18.3 Å². The molecule has 3 aromatic rings. The molecule has 1 aromatic carbocycles. The fraction of sp³-hybridized carbons (Fsp3) is 0.200. The molecule has 0 unspecified atom stereocenters. The number of anilines is 2. The van der Waals surface area contributed by atoms with Gasteiger partial charge in [-0.3, -0.25) is 0 Å². The van der Waals surface area contributed by atoms with E-state index in [1.165, 1.54) is 0 Å². The molecule has 7 nitrogen and oxygen atoms in total. The van der Waals surface area contributed by atoms with E-state index in [-0.39, 0.29) is 17.1 Å². The van der Waals surface area contributed by atoms with Crippen molar-refractivity contribution in [1.29, 1.82) is 5.26 Å². The number of nitriles is 1. The average molecular weight is 360 g/mol. The SMILES string of the molecule is CCCNc1ncc(-c2cc(-c3ccc(O)cc3C)nc(N)c2C#N)cn1. The third-order valence-corrected chi connectivity index (χ3v) is 4.14. The summed E-state index contributed by atoms with van der Waals surface area (Å²) in [6, 6.07) is 8.93. The van der Waals surface area contributed by atoms with Crippen LogP contribution in [0.1, 0.15) is 24.5 Å². The van der Waals surface area contributed by atoms with Gasteiger partial charge >= 0.3 is 0 Å².